The molecular weight excluding hydrogens is 534 g/mol. The molecule has 43 heavy (non-hydrogen) atoms. The monoisotopic (exact) mass is 589 g/mol. The van der Waals surface area contributed by atoms with E-state index in [0.29, 0.717) is 30.3 Å². The molecule has 9 atom stereocenters. The predicted octanol–water partition coefficient (Wildman–Crippen LogP) is 6.49. The van der Waals surface area contributed by atoms with E-state index < -0.39 is 0 Å². The van der Waals surface area contributed by atoms with E-state index in [2.05, 4.69) is 86.5 Å². The quantitative estimate of drug-likeness (QED) is 0.357. The number of hydrogen-bond acceptors (Lipinski definition) is 5. The van der Waals surface area contributed by atoms with Crippen LogP contribution in [0.2, 0.25) is 0 Å². The molecule has 0 aromatic heterocycles. The number of allylic oxidation sites excluding steroid dienone is 2. The highest BCUT2D eigenvalue weighted by Crippen LogP contribution is 2.65. The first-order valence-corrected chi connectivity index (χ1v) is 17.2. The lowest BCUT2D eigenvalue weighted by atomic mass is 9.47. The highest BCUT2D eigenvalue weighted by atomic mass is 16.6. The van der Waals surface area contributed by atoms with E-state index >= 15 is 0 Å². The van der Waals surface area contributed by atoms with Crippen molar-refractivity contribution >= 4 is 11.6 Å². The number of aliphatic hydroxyl groups excluding tert-OH is 1. The van der Waals surface area contributed by atoms with E-state index in [4.69, 9.17) is 4.84 Å². The lowest BCUT2D eigenvalue weighted by Gasteiger charge is -2.57. The largest absolute Gasteiger partial charge is 0.393 e. The first kappa shape index (κ1) is 30.8. The van der Waals surface area contributed by atoms with Gasteiger partial charge in [-0.3, -0.25) is 4.79 Å². The summed E-state index contributed by atoms with van der Waals surface area (Å²) in [6.45, 7) is 11.2. The van der Waals surface area contributed by atoms with Crippen LogP contribution in [0.15, 0.2) is 47.1 Å². The maximum Gasteiger partial charge on any atom is 0.260 e. The molecule has 0 spiro atoms. The number of piperidine rings is 1. The highest BCUT2D eigenvalue weighted by Gasteiger charge is 2.58. The first-order chi connectivity index (χ1) is 20.6. The molecule has 4 aliphatic carbocycles. The van der Waals surface area contributed by atoms with Crippen LogP contribution in [0.25, 0.3) is 0 Å². The summed E-state index contributed by atoms with van der Waals surface area (Å²) in [6, 6.07) is 11.4. The van der Waals surface area contributed by atoms with Gasteiger partial charge in [-0.25, -0.2) is 0 Å². The third kappa shape index (κ3) is 5.49. The summed E-state index contributed by atoms with van der Waals surface area (Å²) >= 11 is 0. The van der Waals surface area contributed by atoms with E-state index in [1.165, 1.54) is 30.4 Å². The number of oxime groups is 1. The second-order valence-electron chi connectivity index (χ2n) is 15.5. The molecule has 236 valence electrons. The molecule has 0 radical (unpaired) electrons. The number of aliphatic hydroxyl groups is 1. The fourth-order valence-corrected chi connectivity index (χ4v) is 10.6. The standard InChI is InChI=1S/C37H55N3O3/c1-25-23-40(5)26(2)22-37(25,27-9-7-6-8-10-27)19-20-38-34(42)24-43-39-29-15-17-35(3)28(21-29)11-12-30-31-13-14-33(41)36(31,4)18-16-32(30)35/h6-10,21,25-26,30-33,41H,11-20,22-24H2,1-5H3,(H,38,42)/b39-29-/t25-,26-,30-,31+,32-,33+,35+,36+,37+/m1/s1. The van der Waals surface area contributed by atoms with Crippen LogP contribution in [0.1, 0.15) is 97.5 Å². The number of nitrogens with one attached hydrogen (secondary N) is 1. The summed E-state index contributed by atoms with van der Waals surface area (Å²) in [4.78, 5) is 20.9. The predicted molar refractivity (Wildman–Crippen MR) is 173 cm³/mol. The summed E-state index contributed by atoms with van der Waals surface area (Å²) in [5, 5.41) is 18.3. The Morgan fingerprint density at radius 3 is 2.65 bits per heavy atom. The summed E-state index contributed by atoms with van der Waals surface area (Å²) in [7, 11) is 2.22. The van der Waals surface area contributed by atoms with Crippen molar-refractivity contribution in [2.75, 3.05) is 26.7 Å². The number of likely N-dealkylation sites (tertiary alicyclic amines) is 1. The second kappa shape index (κ2) is 12.0. The molecule has 1 saturated heterocycles. The zero-order valence-electron chi connectivity index (χ0n) is 27.3. The topological polar surface area (TPSA) is 74.2 Å². The van der Waals surface area contributed by atoms with Gasteiger partial charge in [0.15, 0.2) is 6.61 Å². The van der Waals surface area contributed by atoms with Gasteiger partial charge >= 0.3 is 0 Å². The Kier molecular flexibility index (Phi) is 8.58. The molecule has 6 nitrogen and oxygen atoms in total. The van der Waals surface area contributed by atoms with Gasteiger partial charge in [-0.2, -0.15) is 0 Å². The number of hydrogen-bond donors (Lipinski definition) is 2. The maximum atomic E-state index is 12.8. The van der Waals surface area contributed by atoms with Crippen LogP contribution in [-0.2, 0) is 15.0 Å². The van der Waals surface area contributed by atoms with Crippen LogP contribution in [0.5, 0.6) is 0 Å². The summed E-state index contributed by atoms with van der Waals surface area (Å²) in [6.07, 6.45) is 13.1. The molecule has 2 N–H and O–H groups in total. The van der Waals surface area contributed by atoms with Crippen molar-refractivity contribution in [3.8, 4) is 0 Å². The SMILES string of the molecule is C[C@@H]1C[C@](CCNC(=O)CO/N=C2\C=C3CC[C@H]4[C@@H](CC[C@]5(C)[C@@H](O)CC[C@@H]45)[C@@]3(C)CC2)(c2ccccc2)[C@H](C)CN1C. The molecule has 1 aromatic carbocycles. The van der Waals surface area contributed by atoms with Crippen LogP contribution in [0.3, 0.4) is 0 Å². The Morgan fingerprint density at radius 2 is 1.86 bits per heavy atom. The number of carbonyl (C=O) groups excluding carboxylic acids is 1. The van der Waals surface area contributed by atoms with Crippen LogP contribution in [0.4, 0.5) is 0 Å². The van der Waals surface area contributed by atoms with E-state index in [9.17, 15) is 9.90 Å². The van der Waals surface area contributed by atoms with Crippen molar-refractivity contribution in [2.45, 2.75) is 109 Å². The molecule has 5 aliphatic rings. The minimum Gasteiger partial charge on any atom is -0.393 e. The van der Waals surface area contributed by atoms with Crippen LogP contribution >= 0.6 is 0 Å². The van der Waals surface area contributed by atoms with Crippen molar-refractivity contribution in [3.05, 3.63) is 47.5 Å². The average Bonchev–Trinajstić information content (AvgIpc) is 3.30. The van der Waals surface area contributed by atoms with Gasteiger partial charge < -0.3 is 20.2 Å². The van der Waals surface area contributed by atoms with Crippen molar-refractivity contribution in [1.29, 1.82) is 0 Å². The Labute approximate surface area is 259 Å². The Balaban J connectivity index is 1.03. The van der Waals surface area contributed by atoms with Crippen molar-refractivity contribution in [3.63, 3.8) is 0 Å². The lowest BCUT2D eigenvalue weighted by molar-refractivity contribution is -0.125. The average molecular weight is 590 g/mol. The highest BCUT2D eigenvalue weighted by molar-refractivity contribution is 5.96. The number of nitrogens with zero attached hydrogens (tertiary/aromatic N) is 2. The molecule has 0 unspecified atom stereocenters. The van der Waals surface area contributed by atoms with Gasteiger partial charge in [0.05, 0.1) is 11.8 Å². The minimum absolute atomic E-state index is 0.0374. The Hall–Kier alpha value is -2.18. The van der Waals surface area contributed by atoms with Crippen molar-refractivity contribution in [2.24, 2.45) is 39.7 Å². The number of rotatable bonds is 7. The number of amides is 1. The van der Waals surface area contributed by atoms with Gasteiger partial charge in [0.25, 0.3) is 5.91 Å². The molecule has 3 saturated carbocycles. The third-order valence-corrected chi connectivity index (χ3v) is 13.5. The zero-order chi connectivity index (χ0) is 30.4. The van der Waals surface area contributed by atoms with Crippen LogP contribution in [-0.4, -0.2) is 60.5 Å². The van der Waals surface area contributed by atoms with Gasteiger partial charge in [0, 0.05) is 24.5 Å². The molecule has 1 aliphatic heterocycles. The molecule has 6 rings (SSSR count). The summed E-state index contributed by atoms with van der Waals surface area (Å²) in [5.74, 6) is 2.51. The Bertz CT molecular complexity index is 1230. The van der Waals surface area contributed by atoms with Gasteiger partial charge in [-0.05, 0) is 124 Å². The van der Waals surface area contributed by atoms with Gasteiger partial charge in [0.2, 0.25) is 0 Å². The molecular formula is C37H55N3O3. The second-order valence-corrected chi connectivity index (χ2v) is 15.5. The molecule has 6 heteroatoms. The fourth-order valence-electron chi connectivity index (χ4n) is 10.6. The molecule has 4 fully saturated rings. The van der Waals surface area contributed by atoms with Crippen LogP contribution < -0.4 is 5.32 Å². The van der Waals surface area contributed by atoms with E-state index in [0.717, 1.165) is 63.1 Å². The zero-order valence-corrected chi connectivity index (χ0v) is 27.3. The van der Waals surface area contributed by atoms with Gasteiger partial charge in [0.1, 0.15) is 0 Å². The lowest BCUT2D eigenvalue weighted by Crippen LogP contribution is -2.52. The molecule has 0 bridgehead atoms. The molecule has 1 aromatic rings. The smallest absolute Gasteiger partial charge is 0.260 e. The first-order valence-electron chi connectivity index (χ1n) is 17.2. The summed E-state index contributed by atoms with van der Waals surface area (Å²) in [5.41, 5.74) is 4.30. The fraction of sp³-hybridized carbons (Fsp3) is 0.730. The molecule has 1 amide bonds. The van der Waals surface area contributed by atoms with E-state index in [-0.39, 0.29) is 34.9 Å². The maximum absolute atomic E-state index is 12.8. The van der Waals surface area contributed by atoms with Gasteiger partial charge in [-0.1, -0.05) is 61.8 Å². The minimum atomic E-state index is -0.117. The van der Waals surface area contributed by atoms with E-state index in [1.807, 2.05) is 0 Å². The number of carbonyl (C=O) groups is 1. The van der Waals surface area contributed by atoms with Crippen molar-refractivity contribution < 1.29 is 14.7 Å². The van der Waals surface area contributed by atoms with Crippen molar-refractivity contribution in [1.82, 2.24) is 10.2 Å². The van der Waals surface area contributed by atoms with Gasteiger partial charge in [-0.15, -0.1) is 0 Å². The van der Waals surface area contributed by atoms with Crippen LogP contribution in [0, 0.1) is 34.5 Å². The number of fused-ring (bicyclic) bond motifs is 5. The summed E-state index contributed by atoms with van der Waals surface area (Å²) < 4.78 is 0. The molecule has 1 heterocycles. The normalized spacial score (nSPS) is 42.0. The Morgan fingerprint density at radius 1 is 1.07 bits per heavy atom. The third-order valence-electron chi connectivity index (χ3n) is 13.5. The van der Waals surface area contributed by atoms with E-state index in [1.54, 1.807) is 0 Å². The number of benzene rings is 1.